The topological polar surface area (TPSA) is 57.6 Å². The van der Waals surface area contributed by atoms with Crippen molar-refractivity contribution in [2.24, 2.45) is 5.92 Å². The van der Waals surface area contributed by atoms with Crippen LogP contribution in [-0.2, 0) is 17.8 Å². The van der Waals surface area contributed by atoms with E-state index in [1.807, 2.05) is 35.2 Å². The van der Waals surface area contributed by atoms with Crippen LogP contribution >= 0.6 is 0 Å². The van der Waals surface area contributed by atoms with Crippen molar-refractivity contribution in [3.8, 4) is 11.1 Å². The number of aromatic carboxylic acids is 1. The summed E-state index contributed by atoms with van der Waals surface area (Å²) in [6.07, 6.45) is 9.12. The van der Waals surface area contributed by atoms with E-state index in [4.69, 9.17) is 0 Å². The third-order valence-electron chi connectivity index (χ3n) is 8.10. The Morgan fingerprint density at radius 2 is 1.54 bits per heavy atom. The molecule has 1 amide bonds. The van der Waals surface area contributed by atoms with Crippen molar-refractivity contribution in [1.82, 2.24) is 4.90 Å². The molecule has 1 unspecified atom stereocenters. The molecule has 5 rings (SSSR count). The van der Waals surface area contributed by atoms with Gasteiger partial charge in [0.25, 0.3) is 0 Å². The van der Waals surface area contributed by atoms with Gasteiger partial charge < -0.3 is 10.0 Å². The highest BCUT2D eigenvalue weighted by atomic mass is 19.1. The number of amides is 1. The molecule has 0 bridgehead atoms. The number of fused-ring (bicyclic) bond motifs is 1. The number of carboxylic acid groups (broad SMARTS) is 1. The first-order valence-electron chi connectivity index (χ1n) is 13.5. The van der Waals surface area contributed by atoms with Crippen molar-refractivity contribution >= 4 is 11.9 Å². The molecule has 0 radical (unpaired) electrons. The summed E-state index contributed by atoms with van der Waals surface area (Å²) < 4.78 is 13.3. The van der Waals surface area contributed by atoms with E-state index in [1.165, 1.54) is 37.8 Å². The molecule has 2 aliphatic carbocycles. The van der Waals surface area contributed by atoms with E-state index in [1.54, 1.807) is 24.3 Å². The Morgan fingerprint density at radius 3 is 2.22 bits per heavy atom. The summed E-state index contributed by atoms with van der Waals surface area (Å²) in [5.74, 6) is -0.417. The predicted octanol–water partition coefficient (Wildman–Crippen LogP) is 7.57. The van der Waals surface area contributed by atoms with E-state index in [0.29, 0.717) is 18.9 Å². The summed E-state index contributed by atoms with van der Waals surface area (Å²) in [6.45, 7) is 0.481. The molecular formula is C32H34FNO3. The first kappa shape index (κ1) is 25.2. The van der Waals surface area contributed by atoms with Gasteiger partial charge in [-0.05, 0) is 83.7 Å². The summed E-state index contributed by atoms with van der Waals surface area (Å²) in [7, 11) is 0. The quantitative estimate of drug-likeness (QED) is 0.348. The fraction of sp³-hybridized carbons (Fsp3) is 0.375. The molecule has 2 aliphatic rings. The Morgan fingerprint density at radius 1 is 0.865 bits per heavy atom. The van der Waals surface area contributed by atoms with E-state index in [-0.39, 0.29) is 23.3 Å². The van der Waals surface area contributed by atoms with E-state index in [9.17, 15) is 19.1 Å². The SMILES string of the molecule is O=C(O)c1ccc2c(c1)C(N(Cc1ccc(-c3ccc(F)cc3)cc1)C(=O)CCC1CCCC1)CCC2. The lowest BCUT2D eigenvalue weighted by Gasteiger charge is -2.36. The maximum atomic E-state index is 13.7. The van der Waals surface area contributed by atoms with E-state index < -0.39 is 5.97 Å². The Bertz CT molecular complexity index is 1250. The van der Waals surface area contributed by atoms with Crippen LogP contribution in [0.15, 0.2) is 66.7 Å². The lowest BCUT2D eigenvalue weighted by atomic mass is 9.85. The first-order chi connectivity index (χ1) is 18.0. The highest BCUT2D eigenvalue weighted by Gasteiger charge is 2.30. The Balaban J connectivity index is 1.41. The number of nitrogens with zero attached hydrogens (tertiary/aromatic N) is 1. The van der Waals surface area contributed by atoms with Crippen molar-refractivity contribution in [2.75, 3.05) is 0 Å². The maximum absolute atomic E-state index is 13.7. The van der Waals surface area contributed by atoms with E-state index in [2.05, 4.69) is 0 Å². The van der Waals surface area contributed by atoms with Crippen LogP contribution in [0.4, 0.5) is 4.39 Å². The van der Waals surface area contributed by atoms with Crippen molar-refractivity contribution in [3.63, 3.8) is 0 Å². The van der Waals surface area contributed by atoms with E-state index in [0.717, 1.165) is 53.5 Å². The van der Waals surface area contributed by atoms with Crippen LogP contribution in [0.25, 0.3) is 11.1 Å². The van der Waals surface area contributed by atoms with Crippen LogP contribution in [0, 0.1) is 11.7 Å². The Hall–Kier alpha value is -3.47. The molecule has 0 saturated heterocycles. The molecule has 4 nitrogen and oxygen atoms in total. The molecule has 0 heterocycles. The summed E-state index contributed by atoms with van der Waals surface area (Å²) in [6, 6.07) is 19.8. The zero-order valence-corrected chi connectivity index (χ0v) is 21.2. The second kappa shape index (κ2) is 11.3. The van der Waals surface area contributed by atoms with Crippen LogP contribution in [0.1, 0.15) is 84.5 Å². The monoisotopic (exact) mass is 499 g/mol. The van der Waals surface area contributed by atoms with Crippen LogP contribution in [0.2, 0.25) is 0 Å². The number of carbonyl (C=O) groups excluding carboxylic acids is 1. The van der Waals surface area contributed by atoms with Crippen molar-refractivity contribution in [1.29, 1.82) is 0 Å². The lowest BCUT2D eigenvalue weighted by Crippen LogP contribution is -2.36. The molecule has 0 aromatic heterocycles. The predicted molar refractivity (Wildman–Crippen MR) is 143 cm³/mol. The van der Waals surface area contributed by atoms with Gasteiger partial charge in [-0.2, -0.15) is 0 Å². The molecule has 3 aromatic rings. The number of hydrogen-bond donors (Lipinski definition) is 1. The fourth-order valence-electron chi connectivity index (χ4n) is 6.01. The molecule has 5 heteroatoms. The van der Waals surface area contributed by atoms with Crippen molar-refractivity contribution in [3.05, 3.63) is 94.8 Å². The third-order valence-corrected chi connectivity index (χ3v) is 8.10. The van der Waals surface area contributed by atoms with Gasteiger partial charge in [-0.3, -0.25) is 4.79 Å². The van der Waals surface area contributed by atoms with Gasteiger partial charge in [-0.1, -0.05) is 68.1 Å². The zero-order chi connectivity index (χ0) is 25.8. The summed E-state index contributed by atoms with van der Waals surface area (Å²) in [5, 5.41) is 9.59. The van der Waals surface area contributed by atoms with Gasteiger partial charge in [-0.25, -0.2) is 9.18 Å². The average Bonchev–Trinajstić information content (AvgIpc) is 3.44. The lowest BCUT2D eigenvalue weighted by molar-refractivity contribution is -0.135. The molecule has 1 saturated carbocycles. The third kappa shape index (κ3) is 5.93. The minimum absolute atomic E-state index is 0.129. The van der Waals surface area contributed by atoms with Gasteiger partial charge in [0, 0.05) is 13.0 Å². The highest BCUT2D eigenvalue weighted by molar-refractivity contribution is 5.88. The molecule has 3 aromatic carbocycles. The number of rotatable bonds is 8. The van der Waals surface area contributed by atoms with Crippen LogP contribution < -0.4 is 0 Å². The maximum Gasteiger partial charge on any atom is 0.335 e. The number of benzene rings is 3. The number of carboxylic acids is 1. The largest absolute Gasteiger partial charge is 0.478 e. The molecule has 37 heavy (non-hydrogen) atoms. The highest BCUT2D eigenvalue weighted by Crippen LogP contribution is 2.37. The molecule has 0 spiro atoms. The molecule has 1 fully saturated rings. The molecule has 0 aliphatic heterocycles. The van der Waals surface area contributed by atoms with Gasteiger partial charge in [0.1, 0.15) is 5.82 Å². The average molecular weight is 500 g/mol. The number of halogens is 1. The normalized spacial score (nSPS) is 17.4. The molecule has 1 N–H and O–H groups in total. The molecule has 192 valence electrons. The number of hydrogen-bond acceptors (Lipinski definition) is 2. The van der Waals surface area contributed by atoms with Crippen LogP contribution in [-0.4, -0.2) is 21.9 Å². The summed E-state index contributed by atoms with van der Waals surface area (Å²) in [5.41, 5.74) is 5.36. The Kier molecular flexibility index (Phi) is 7.68. The second-order valence-electron chi connectivity index (χ2n) is 10.5. The van der Waals surface area contributed by atoms with Crippen molar-refractivity contribution in [2.45, 2.75) is 70.4 Å². The van der Waals surface area contributed by atoms with Crippen LogP contribution in [0.5, 0.6) is 0 Å². The Labute approximate surface area is 218 Å². The van der Waals surface area contributed by atoms with Gasteiger partial charge in [-0.15, -0.1) is 0 Å². The van der Waals surface area contributed by atoms with Gasteiger partial charge >= 0.3 is 5.97 Å². The van der Waals surface area contributed by atoms with Gasteiger partial charge in [0.15, 0.2) is 0 Å². The van der Waals surface area contributed by atoms with Gasteiger partial charge in [0.2, 0.25) is 5.91 Å². The van der Waals surface area contributed by atoms with Crippen LogP contribution in [0.3, 0.4) is 0 Å². The van der Waals surface area contributed by atoms with Gasteiger partial charge in [0.05, 0.1) is 11.6 Å². The van der Waals surface area contributed by atoms with Crippen molar-refractivity contribution < 1.29 is 19.1 Å². The summed E-state index contributed by atoms with van der Waals surface area (Å²) >= 11 is 0. The number of aryl methyl sites for hydroxylation is 1. The second-order valence-corrected chi connectivity index (χ2v) is 10.5. The molecular weight excluding hydrogens is 465 g/mol. The minimum Gasteiger partial charge on any atom is -0.478 e. The van der Waals surface area contributed by atoms with E-state index >= 15 is 0 Å². The smallest absolute Gasteiger partial charge is 0.335 e. The zero-order valence-electron chi connectivity index (χ0n) is 21.2. The standard InChI is InChI=1S/C32H34FNO3/c33-28-17-15-25(16-18-28)24-11-8-23(9-12-24)21-34(31(35)19-10-22-4-1-2-5-22)30-7-3-6-26-13-14-27(32(36)37)20-29(26)30/h8-9,11-18,20,22,30H,1-7,10,19,21H2,(H,36,37). The summed E-state index contributed by atoms with van der Waals surface area (Å²) in [4.78, 5) is 27.4. The first-order valence-corrected chi connectivity index (χ1v) is 13.5. The molecule has 1 atom stereocenters. The minimum atomic E-state index is -0.942. The number of carbonyl (C=O) groups is 2. The fourth-order valence-corrected chi connectivity index (χ4v) is 6.01.